The van der Waals surface area contributed by atoms with Crippen molar-refractivity contribution in [3.8, 4) is 6.07 Å². The molecule has 0 unspecified atom stereocenters. The maximum Gasteiger partial charge on any atom is 0.405 e. The lowest BCUT2D eigenvalue weighted by atomic mass is 10.2. The number of alkyl halides is 3. The fourth-order valence-electron chi connectivity index (χ4n) is 1.42. The molecule has 1 aromatic heterocycles. The summed E-state index contributed by atoms with van der Waals surface area (Å²) in [7, 11) is 2.24. The first kappa shape index (κ1) is 15.1. The van der Waals surface area contributed by atoms with Gasteiger partial charge in [-0.15, -0.1) is 11.3 Å². The van der Waals surface area contributed by atoms with Gasteiger partial charge in [-0.1, -0.05) is 0 Å². The molecule has 5 nitrogen and oxygen atoms in total. The van der Waals surface area contributed by atoms with Gasteiger partial charge in [0.2, 0.25) is 0 Å². The molecule has 0 aliphatic carbocycles. The second-order valence-corrected chi connectivity index (χ2v) is 4.60. The van der Waals surface area contributed by atoms with Crippen molar-refractivity contribution in [2.75, 3.05) is 31.3 Å². The highest BCUT2D eigenvalue weighted by Crippen LogP contribution is 2.38. The van der Waals surface area contributed by atoms with Crippen molar-refractivity contribution >= 4 is 28.0 Å². The number of anilines is 2. The van der Waals surface area contributed by atoms with Crippen LogP contribution in [0.2, 0.25) is 0 Å². The molecule has 1 aromatic rings. The molecule has 1 heterocycles. The van der Waals surface area contributed by atoms with Crippen LogP contribution in [-0.4, -0.2) is 32.8 Å². The molecule has 0 spiro atoms. The average molecular weight is 293 g/mol. The number of halogens is 3. The van der Waals surface area contributed by atoms with Crippen molar-refractivity contribution in [2.24, 2.45) is 0 Å². The van der Waals surface area contributed by atoms with E-state index in [1.807, 2.05) is 0 Å². The van der Waals surface area contributed by atoms with Crippen LogP contribution in [0, 0.1) is 11.3 Å². The Labute approximate surface area is 111 Å². The Bertz CT molecular complexity index is 533. The van der Waals surface area contributed by atoms with Gasteiger partial charge in [-0.25, -0.2) is 4.79 Å². The number of nitrogen functional groups attached to an aromatic ring is 1. The lowest BCUT2D eigenvalue weighted by molar-refractivity contribution is -0.119. The van der Waals surface area contributed by atoms with Crippen LogP contribution in [0.25, 0.3) is 0 Å². The number of nitrogens with zero attached hydrogens (tertiary/aromatic N) is 2. The van der Waals surface area contributed by atoms with Crippen molar-refractivity contribution in [2.45, 2.75) is 6.18 Å². The van der Waals surface area contributed by atoms with Crippen molar-refractivity contribution < 1.29 is 22.7 Å². The zero-order chi connectivity index (χ0) is 14.8. The van der Waals surface area contributed by atoms with Crippen molar-refractivity contribution in [1.29, 1.82) is 5.26 Å². The minimum absolute atomic E-state index is 0.0237. The Morgan fingerprint density at radius 3 is 2.58 bits per heavy atom. The molecule has 19 heavy (non-hydrogen) atoms. The quantitative estimate of drug-likeness (QED) is 0.862. The van der Waals surface area contributed by atoms with Gasteiger partial charge in [0.15, 0.2) is 0 Å². The van der Waals surface area contributed by atoms with Crippen molar-refractivity contribution in [3.63, 3.8) is 0 Å². The smallest absolute Gasteiger partial charge is 0.405 e. The van der Waals surface area contributed by atoms with E-state index < -0.39 is 18.7 Å². The number of rotatable bonds is 3. The van der Waals surface area contributed by atoms with Crippen LogP contribution in [0.3, 0.4) is 0 Å². The number of methoxy groups -OCH3 is 1. The first-order valence-electron chi connectivity index (χ1n) is 4.89. The fraction of sp³-hybridized carbons (Fsp3) is 0.400. The Morgan fingerprint density at radius 1 is 1.58 bits per heavy atom. The van der Waals surface area contributed by atoms with Gasteiger partial charge >= 0.3 is 12.1 Å². The largest absolute Gasteiger partial charge is 0.465 e. The zero-order valence-corrected chi connectivity index (χ0v) is 10.9. The van der Waals surface area contributed by atoms with E-state index in [0.29, 0.717) is 0 Å². The first-order valence-corrected chi connectivity index (χ1v) is 5.71. The highest BCUT2D eigenvalue weighted by Gasteiger charge is 2.33. The van der Waals surface area contributed by atoms with E-state index in [2.05, 4.69) is 4.74 Å². The van der Waals surface area contributed by atoms with Gasteiger partial charge in [0, 0.05) is 7.05 Å². The number of nitrogens with two attached hydrogens (primary N) is 1. The molecule has 0 fully saturated rings. The van der Waals surface area contributed by atoms with Gasteiger partial charge in [-0.3, -0.25) is 0 Å². The van der Waals surface area contributed by atoms with Gasteiger partial charge in [0.05, 0.1) is 12.8 Å². The molecular weight excluding hydrogens is 283 g/mol. The number of esters is 1. The summed E-state index contributed by atoms with van der Waals surface area (Å²) in [4.78, 5) is 12.3. The van der Waals surface area contributed by atoms with Crippen molar-refractivity contribution in [3.05, 3.63) is 10.4 Å². The highest BCUT2D eigenvalue weighted by atomic mass is 32.1. The molecule has 0 aliphatic rings. The molecule has 9 heteroatoms. The number of ether oxygens (including phenoxy) is 1. The summed E-state index contributed by atoms with van der Waals surface area (Å²) in [5, 5.41) is 8.77. The molecule has 0 aliphatic heterocycles. The van der Waals surface area contributed by atoms with Gasteiger partial charge < -0.3 is 15.4 Å². The number of carbonyl (C=O) groups excluding carboxylic acids is 1. The van der Waals surface area contributed by atoms with Crippen LogP contribution in [0.4, 0.5) is 23.9 Å². The molecule has 2 N–H and O–H groups in total. The van der Waals surface area contributed by atoms with Crippen LogP contribution >= 0.6 is 11.3 Å². The fourth-order valence-corrected chi connectivity index (χ4v) is 2.39. The Morgan fingerprint density at radius 2 is 2.16 bits per heavy atom. The zero-order valence-electron chi connectivity index (χ0n) is 10.0. The molecule has 0 atom stereocenters. The van der Waals surface area contributed by atoms with Gasteiger partial charge in [-0.2, -0.15) is 18.4 Å². The predicted octanol–water partition coefficient (Wildman–Crippen LogP) is 1.99. The SMILES string of the molecule is COC(=O)c1c(N(C)CC(F)(F)F)sc(C#N)c1N. The van der Waals surface area contributed by atoms with E-state index in [1.54, 1.807) is 6.07 Å². The highest BCUT2D eigenvalue weighted by molar-refractivity contribution is 7.17. The molecule has 0 saturated carbocycles. The van der Waals surface area contributed by atoms with Gasteiger partial charge in [0.1, 0.15) is 28.1 Å². The summed E-state index contributed by atoms with van der Waals surface area (Å²) in [5.74, 6) is -0.876. The van der Waals surface area contributed by atoms with E-state index in [9.17, 15) is 18.0 Å². The van der Waals surface area contributed by atoms with Crippen LogP contribution in [-0.2, 0) is 4.74 Å². The summed E-state index contributed by atoms with van der Waals surface area (Å²) < 4.78 is 41.5. The maximum absolute atomic E-state index is 12.3. The summed E-state index contributed by atoms with van der Waals surface area (Å²) >= 11 is 0.718. The molecule has 0 aromatic carbocycles. The minimum Gasteiger partial charge on any atom is -0.465 e. The van der Waals surface area contributed by atoms with E-state index >= 15 is 0 Å². The lowest BCUT2D eigenvalue weighted by Gasteiger charge is -2.20. The van der Waals surface area contributed by atoms with Gasteiger partial charge in [-0.05, 0) is 0 Å². The Kier molecular flexibility index (Phi) is 4.26. The normalized spacial score (nSPS) is 10.9. The Hall–Kier alpha value is -1.95. The molecule has 0 amide bonds. The standard InChI is InChI=1S/C10H10F3N3O2S/c1-16(4-10(11,12)13)8-6(9(17)18-2)7(15)5(3-14)19-8/h4,15H2,1-2H3. The van der Waals surface area contributed by atoms with E-state index in [-0.39, 0.29) is 21.1 Å². The number of thiophene rings is 1. The lowest BCUT2D eigenvalue weighted by Crippen LogP contribution is -2.31. The molecule has 104 valence electrons. The van der Waals surface area contributed by atoms with Crippen LogP contribution in [0.1, 0.15) is 15.2 Å². The number of hydrogen-bond donors (Lipinski definition) is 1. The summed E-state index contributed by atoms with van der Waals surface area (Å²) in [6, 6.07) is 1.73. The molecule has 0 radical (unpaired) electrons. The third-order valence-corrected chi connectivity index (χ3v) is 3.41. The third-order valence-electron chi connectivity index (χ3n) is 2.18. The molecular formula is C10H10F3N3O2S. The average Bonchev–Trinajstić information content (AvgIpc) is 2.63. The van der Waals surface area contributed by atoms with E-state index in [4.69, 9.17) is 11.0 Å². The summed E-state index contributed by atoms with van der Waals surface area (Å²) in [6.45, 7) is -1.26. The predicted molar refractivity (Wildman–Crippen MR) is 64.1 cm³/mol. The van der Waals surface area contributed by atoms with Crippen LogP contribution < -0.4 is 10.6 Å². The topological polar surface area (TPSA) is 79.3 Å². The van der Waals surface area contributed by atoms with E-state index in [0.717, 1.165) is 30.4 Å². The van der Waals surface area contributed by atoms with Crippen LogP contribution in [0.15, 0.2) is 0 Å². The first-order chi connectivity index (χ1) is 8.71. The molecule has 0 bridgehead atoms. The van der Waals surface area contributed by atoms with Crippen LogP contribution in [0.5, 0.6) is 0 Å². The number of hydrogen-bond acceptors (Lipinski definition) is 6. The third kappa shape index (κ3) is 3.29. The molecule has 1 rings (SSSR count). The second-order valence-electron chi connectivity index (χ2n) is 3.60. The van der Waals surface area contributed by atoms with Crippen molar-refractivity contribution in [1.82, 2.24) is 0 Å². The minimum atomic E-state index is -4.44. The van der Waals surface area contributed by atoms with E-state index in [1.165, 1.54) is 0 Å². The summed E-state index contributed by atoms with van der Waals surface area (Å²) in [6.07, 6.45) is -4.44. The Balaban J connectivity index is 3.27. The number of carbonyl (C=O) groups is 1. The molecule has 0 saturated heterocycles. The number of nitriles is 1. The van der Waals surface area contributed by atoms with Gasteiger partial charge in [0.25, 0.3) is 0 Å². The maximum atomic E-state index is 12.3. The monoisotopic (exact) mass is 293 g/mol. The second kappa shape index (κ2) is 5.36. The summed E-state index contributed by atoms with van der Waals surface area (Å²) in [5.41, 5.74) is 5.20.